The van der Waals surface area contributed by atoms with E-state index in [1.165, 1.54) is 11.3 Å². The number of thiazole rings is 1. The number of benzene rings is 2. The summed E-state index contributed by atoms with van der Waals surface area (Å²) >= 11 is 6.94. The summed E-state index contributed by atoms with van der Waals surface area (Å²) in [6.45, 7) is 4.06. The zero-order valence-corrected chi connectivity index (χ0v) is 27.5. The molecule has 214 valence electrons. The maximum absolute atomic E-state index is 14.1. The summed E-state index contributed by atoms with van der Waals surface area (Å²) in [7, 11) is 3.10. The Hall–Kier alpha value is -3.08. The van der Waals surface area contributed by atoms with Gasteiger partial charge in [-0.25, -0.2) is 9.79 Å². The van der Waals surface area contributed by atoms with E-state index in [0.29, 0.717) is 49.8 Å². The molecule has 0 aliphatic carbocycles. The van der Waals surface area contributed by atoms with E-state index in [1.807, 2.05) is 25.1 Å². The molecule has 0 saturated carbocycles. The number of hydrogen-bond donors (Lipinski definition) is 0. The third-order valence-corrected chi connectivity index (χ3v) is 8.51. The van der Waals surface area contributed by atoms with Gasteiger partial charge in [-0.1, -0.05) is 46.5 Å². The molecule has 0 unspecified atom stereocenters. The molecule has 0 spiro atoms. The number of esters is 1. The van der Waals surface area contributed by atoms with Gasteiger partial charge in [0.25, 0.3) is 5.56 Å². The fourth-order valence-corrected chi connectivity index (χ4v) is 6.74. The van der Waals surface area contributed by atoms with Gasteiger partial charge in [-0.2, -0.15) is 0 Å². The molecule has 0 N–H and O–H groups in total. The standard InChI is InChI=1S/C30H28BrIN2O6S/c1-6-9-21-25(29(36)39-8-3)26(19-16-18(31)10-11-22(19)37-4)34-28(35)24(41-30(34)33-21)15-17-13-20(32)27(40-12-7-2)23(14-17)38-5/h2,10-11,13-16,26H,6,8-9,12H2,1,3-5H3/b24-15+/t26-/m0/s1. The van der Waals surface area contributed by atoms with Crippen molar-refractivity contribution in [2.24, 2.45) is 4.99 Å². The van der Waals surface area contributed by atoms with Crippen LogP contribution in [0.3, 0.4) is 0 Å². The highest BCUT2D eigenvalue weighted by molar-refractivity contribution is 14.1. The second-order valence-electron chi connectivity index (χ2n) is 8.83. The summed E-state index contributed by atoms with van der Waals surface area (Å²) in [4.78, 5) is 32.8. The Kier molecular flexibility index (Phi) is 10.3. The van der Waals surface area contributed by atoms with Gasteiger partial charge in [0, 0.05) is 10.0 Å². The minimum absolute atomic E-state index is 0.103. The van der Waals surface area contributed by atoms with Gasteiger partial charge in [0.15, 0.2) is 16.3 Å². The van der Waals surface area contributed by atoms with Gasteiger partial charge < -0.3 is 18.9 Å². The van der Waals surface area contributed by atoms with Gasteiger partial charge >= 0.3 is 5.97 Å². The van der Waals surface area contributed by atoms with E-state index in [0.717, 1.165) is 20.0 Å². The number of carbonyl (C=O) groups is 1. The third kappa shape index (κ3) is 6.39. The molecule has 8 nitrogen and oxygen atoms in total. The number of hydrogen-bond acceptors (Lipinski definition) is 8. The fourth-order valence-electron chi connectivity index (χ4n) is 4.56. The molecular formula is C30H28BrIN2O6S. The first-order valence-electron chi connectivity index (χ1n) is 12.8. The second-order valence-corrected chi connectivity index (χ2v) is 11.9. The van der Waals surface area contributed by atoms with E-state index in [2.05, 4.69) is 44.4 Å². The molecule has 41 heavy (non-hydrogen) atoms. The Morgan fingerprint density at radius 1 is 1.22 bits per heavy atom. The Morgan fingerprint density at radius 3 is 2.63 bits per heavy atom. The highest BCUT2D eigenvalue weighted by atomic mass is 127. The zero-order chi connectivity index (χ0) is 29.7. The summed E-state index contributed by atoms with van der Waals surface area (Å²) in [5, 5.41) is 0. The van der Waals surface area contributed by atoms with Gasteiger partial charge in [0.05, 0.1) is 40.2 Å². The molecule has 1 aliphatic rings. The first-order valence-corrected chi connectivity index (χ1v) is 15.5. The number of terminal acetylenes is 1. The van der Waals surface area contributed by atoms with Crippen molar-refractivity contribution in [2.45, 2.75) is 32.7 Å². The largest absolute Gasteiger partial charge is 0.496 e. The number of halogens is 2. The van der Waals surface area contributed by atoms with E-state index < -0.39 is 12.0 Å². The molecular weight excluding hydrogens is 723 g/mol. The van der Waals surface area contributed by atoms with Crippen LogP contribution in [0.5, 0.6) is 17.2 Å². The molecule has 0 saturated heterocycles. The molecule has 3 aromatic rings. The van der Waals surface area contributed by atoms with Gasteiger partial charge in [0.2, 0.25) is 0 Å². The van der Waals surface area contributed by atoms with Crippen molar-refractivity contribution in [3.63, 3.8) is 0 Å². The van der Waals surface area contributed by atoms with Crippen molar-refractivity contribution in [3.05, 3.63) is 80.5 Å². The van der Waals surface area contributed by atoms with Crippen LogP contribution in [0, 0.1) is 15.9 Å². The highest BCUT2D eigenvalue weighted by Crippen LogP contribution is 2.38. The van der Waals surface area contributed by atoms with Crippen LogP contribution in [-0.4, -0.2) is 38.0 Å². The minimum Gasteiger partial charge on any atom is -0.496 e. The molecule has 1 aliphatic heterocycles. The van der Waals surface area contributed by atoms with Crippen LogP contribution in [0.4, 0.5) is 0 Å². The molecule has 2 aromatic carbocycles. The number of carbonyl (C=O) groups excluding carboxylic acids is 1. The molecule has 0 amide bonds. The topological polar surface area (TPSA) is 88.4 Å². The molecule has 0 radical (unpaired) electrons. The van der Waals surface area contributed by atoms with E-state index >= 15 is 0 Å². The van der Waals surface area contributed by atoms with Crippen LogP contribution in [-0.2, 0) is 9.53 Å². The smallest absolute Gasteiger partial charge is 0.338 e. The lowest BCUT2D eigenvalue weighted by Crippen LogP contribution is -2.40. The van der Waals surface area contributed by atoms with E-state index in [-0.39, 0.29) is 18.8 Å². The van der Waals surface area contributed by atoms with Crippen molar-refractivity contribution in [1.82, 2.24) is 4.57 Å². The molecule has 4 rings (SSSR count). The van der Waals surface area contributed by atoms with E-state index in [1.54, 1.807) is 43.9 Å². The Balaban J connectivity index is 2.00. The number of fused-ring (bicyclic) bond motifs is 1. The lowest BCUT2D eigenvalue weighted by Gasteiger charge is -2.27. The lowest BCUT2D eigenvalue weighted by molar-refractivity contribution is -0.139. The van der Waals surface area contributed by atoms with Crippen molar-refractivity contribution in [1.29, 1.82) is 0 Å². The quantitative estimate of drug-likeness (QED) is 0.165. The predicted octanol–water partition coefficient (Wildman–Crippen LogP) is 4.97. The lowest BCUT2D eigenvalue weighted by atomic mass is 9.93. The highest BCUT2D eigenvalue weighted by Gasteiger charge is 2.36. The second kappa shape index (κ2) is 13.7. The van der Waals surface area contributed by atoms with Crippen LogP contribution in [0.25, 0.3) is 6.08 Å². The van der Waals surface area contributed by atoms with Crippen LogP contribution in [0.2, 0.25) is 0 Å². The van der Waals surface area contributed by atoms with Crippen molar-refractivity contribution < 1.29 is 23.7 Å². The Labute approximate surface area is 264 Å². The molecule has 11 heteroatoms. The van der Waals surface area contributed by atoms with Gasteiger partial charge in [0.1, 0.15) is 18.4 Å². The monoisotopic (exact) mass is 750 g/mol. The van der Waals surface area contributed by atoms with E-state index in [4.69, 9.17) is 30.4 Å². The van der Waals surface area contributed by atoms with E-state index in [9.17, 15) is 9.59 Å². The summed E-state index contributed by atoms with van der Waals surface area (Å²) in [5.41, 5.74) is 2.01. The molecule has 0 bridgehead atoms. The van der Waals surface area contributed by atoms with Crippen molar-refractivity contribution in [3.8, 4) is 29.6 Å². The SMILES string of the molecule is C#CCOc1c(I)cc(/C=c2/sc3n(c2=O)[C@@H](c2cc(Br)ccc2OC)C(C(=O)OCC)=C(CCC)N=3)cc1OC. The normalized spacial score (nSPS) is 14.7. The number of nitrogens with zero attached hydrogens (tertiary/aromatic N) is 2. The van der Waals surface area contributed by atoms with Gasteiger partial charge in [-0.15, -0.1) is 6.42 Å². The predicted molar refractivity (Wildman–Crippen MR) is 170 cm³/mol. The van der Waals surface area contributed by atoms with Gasteiger partial charge in [-0.3, -0.25) is 9.36 Å². The third-order valence-electron chi connectivity index (χ3n) is 6.23. The number of ether oxygens (including phenoxy) is 4. The summed E-state index contributed by atoms with van der Waals surface area (Å²) in [5.74, 6) is 3.51. The first-order chi connectivity index (χ1) is 19.8. The maximum Gasteiger partial charge on any atom is 0.338 e. The molecule has 2 heterocycles. The Morgan fingerprint density at radius 2 is 1.98 bits per heavy atom. The minimum atomic E-state index is -0.796. The first kappa shape index (κ1) is 30.9. The number of allylic oxidation sites excluding steroid dienone is 1. The molecule has 0 fully saturated rings. The average molecular weight is 751 g/mol. The molecule has 1 atom stereocenters. The summed E-state index contributed by atoms with van der Waals surface area (Å²) in [6, 6.07) is 8.38. The van der Waals surface area contributed by atoms with Crippen LogP contribution in [0.1, 0.15) is 43.9 Å². The summed E-state index contributed by atoms with van der Waals surface area (Å²) in [6.07, 6.45) is 8.43. The van der Waals surface area contributed by atoms with Crippen molar-refractivity contribution in [2.75, 3.05) is 27.4 Å². The average Bonchev–Trinajstić information content (AvgIpc) is 3.25. The zero-order valence-electron chi connectivity index (χ0n) is 23.0. The summed E-state index contributed by atoms with van der Waals surface area (Å²) < 4.78 is 25.9. The number of methoxy groups -OCH3 is 2. The number of aromatic nitrogens is 1. The van der Waals surface area contributed by atoms with Gasteiger partial charge in [-0.05, 0) is 77.9 Å². The van der Waals surface area contributed by atoms with Crippen LogP contribution < -0.4 is 29.1 Å². The van der Waals surface area contributed by atoms with Crippen LogP contribution in [0.15, 0.2) is 55.9 Å². The van der Waals surface area contributed by atoms with Crippen molar-refractivity contribution >= 4 is 61.9 Å². The molecule has 1 aromatic heterocycles. The maximum atomic E-state index is 14.1. The number of rotatable bonds is 10. The Bertz CT molecular complexity index is 1740. The van der Waals surface area contributed by atoms with Crippen LogP contribution >= 0.6 is 49.9 Å². The fraction of sp³-hybridized carbons (Fsp3) is 0.300.